The molecule has 1 aromatic carbocycles. The molecule has 2 aromatic heterocycles. The summed E-state index contributed by atoms with van der Waals surface area (Å²) >= 11 is 0. The number of hydrogen-bond acceptors (Lipinski definition) is 5. The van der Waals surface area contributed by atoms with Crippen LogP contribution in [-0.2, 0) is 0 Å². The van der Waals surface area contributed by atoms with Crippen molar-refractivity contribution in [3.8, 4) is 11.4 Å². The summed E-state index contributed by atoms with van der Waals surface area (Å²) in [6, 6.07) is 12.1. The van der Waals surface area contributed by atoms with Gasteiger partial charge in [-0.2, -0.15) is 4.98 Å². The number of anilines is 3. The van der Waals surface area contributed by atoms with E-state index in [4.69, 9.17) is 0 Å². The molecule has 0 fully saturated rings. The molecule has 0 atom stereocenters. The molecule has 5 nitrogen and oxygen atoms in total. The van der Waals surface area contributed by atoms with Crippen LogP contribution in [0, 0.1) is 20.8 Å². The fourth-order valence-electron chi connectivity index (χ4n) is 2.90. The van der Waals surface area contributed by atoms with Gasteiger partial charge < -0.3 is 10.6 Å². The second kappa shape index (κ2) is 7.30. The predicted molar refractivity (Wildman–Crippen MR) is 103 cm³/mol. The number of aryl methyl sites for hydroxylation is 3. The molecule has 2 N–H and O–H groups in total. The summed E-state index contributed by atoms with van der Waals surface area (Å²) in [5.74, 6) is 1.34. The molecule has 25 heavy (non-hydrogen) atoms. The summed E-state index contributed by atoms with van der Waals surface area (Å²) in [6.07, 6.45) is 1.77. The third kappa shape index (κ3) is 3.94. The SMILES string of the molecule is CCNc1nc(Nc2c(C)cc(C)cc2C)cc(-c2ccccn2)n1. The van der Waals surface area contributed by atoms with Gasteiger partial charge in [0.25, 0.3) is 0 Å². The van der Waals surface area contributed by atoms with E-state index < -0.39 is 0 Å². The highest BCUT2D eigenvalue weighted by atomic mass is 15.1. The second-order valence-corrected chi connectivity index (χ2v) is 6.11. The van der Waals surface area contributed by atoms with Crippen molar-refractivity contribution in [1.82, 2.24) is 15.0 Å². The Balaban J connectivity index is 2.03. The van der Waals surface area contributed by atoms with E-state index in [-0.39, 0.29) is 0 Å². The maximum Gasteiger partial charge on any atom is 0.225 e. The number of nitrogens with zero attached hydrogens (tertiary/aromatic N) is 3. The average Bonchev–Trinajstić information content (AvgIpc) is 2.59. The monoisotopic (exact) mass is 333 g/mol. The normalized spacial score (nSPS) is 10.6. The molecule has 0 bridgehead atoms. The minimum absolute atomic E-state index is 0.593. The Morgan fingerprint density at radius 1 is 0.920 bits per heavy atom. The summed E-state index contributed by atoms with van der Waals surface area (Å²) in [5.41, 5.74) is 6.34. The molecule has 0 aliphatic heterocycles. The molecule has 0 amide bonds. The first-order chi connectivity index (χ1) is 12.1. The first-order valence-corrected chi connectivity index (χ1v) is 8.46. The molecule has 0 saturated heterocycles. The molecule has 0 saturated carbocycles. The smallest absolute Gasteiger partial charge is 0.225 e. The quantitative estimate of drug-likeness (QED) is 0.712. The largest absolute Gasteiger partial charge is 0.354 e. The third-order valence-corrected chi connectivity index (χ3v) is 3.92. The van der Waals surface area contributed by atoms with Gasteiger partial charge in [0, 0.05) is 24.5 Å². The number of aromatic nitrogens is 3. The van der Waals surface area contributed by atoms with Crippen molar-refractivity contribution in [3.63, 3.8) is 0 Å². The van der Waals surface area contributed by atoms with E-state index in [0.717, 1.165) is 29.4 Å². The Morgan fingerprint density at radius 2 is 1.68 bits per heavy atom. The molecule has 0 aliphatic carbocycles. The van der Waals surface area contributed by atoms with Crippen LogP contribution in [0.2, 0.25) is 0 Å². The van der Waals surface area contributed by atoms with Crippen molar-refractivity contribution < 1.29 is 0 Å². The fourth-order valence-corrected chi connectivity index (χ4v) is 2.90. The van der Waals surface area contributed by atoms with Gasteiger partial charge in [-0.25, -0.2) is 4.98 Å². The van der Waals surface area contributed by atoms with E-state index >= 15 is 0 Å². The summed E-state index contributed by atoms with van der Waals surface area (Å²) in [7, 11) is 0. The van der Waals surface area contributed by atoms with Gasteiger partial charge in [-0.3, -0.25) is 4.98 Å². The van der Waals surface area contributed by atoms with Crippen LogP contribution in [0.5, 0.6) is 0 Å². The summed E-state index contributed by atoms with van der Waals surface area (Å²) < 4.78 is 0. The highest BCUT2D eigenvalue weighted by molar-refractivity contribution is 5.69. The van der Waals surface area contributed by atoms with E-state index in [1.807, 2.05) is 31.2 Å². The number of benzene rings is 1. The topological polar surface area (TPSA) is 62.7 Å². The summed E-state index contributed by atoms with van der Waals surface area (Å²) in [5, 5.41) is 6.65. The van der Waals surface area contributed by atoms with Crippen LogP contribution >= 0.6 is 0 Å². The summed E-state index contributed by atoms with van der Waals surface area (Å²) in [6.45, 7) is 9.10. The number of nitrogens with one attached hydrogen (secondary N) is 2. The lowest BCUT2D eigenvalue weighted by Crippen LogP contribution is -2.06. The zero-order valence-electron chi connectivity index (χ0n) is 15.1. The Labute approximate surface area is 148 Å². The summed E-state index contributed by atoms with van der Waals surface area (Å²) in [4.78, 5) is 13.6. The lowest BCUT2D eigenvalue weighted by Gasteiger charge is -2.15. The van der Waals surface area contributed by atoms with Crippen LogP contribution in [0.4, 0.5) is 17.5 Å². The Bertz CT molecular complexity index is 852. The molecule has 3 aromatic rings. The van der Waals surface area contributed by atoms with Gasteiger partial charge in [-0.1, -0.05) is 23.8 Å². The van der Waals surface area contributed by atoms with Gasteiger partial charge in [0.05, 0.1) is 11.4 Å². The lowest BCUT2D eigenvalue weighted by atomic mass is 10.1. The standard InChI is InChI=1S/C20H23N5/c1-5-21-20-23-17(16-8-6-7-9-22-16)12-18(25-20)24-19-14(3)10-13(2)11-15(19)4/h6-12H,5H2,1-4H3,(H2,21,23,24,25). The van der Waals surface area contributed by atoms with E-state index in [9.17, 15) is 0 Å². The first kappa shape index (κ1) is 16.9. The Kier molecular flexibility index (Phi) is 4.93. The van der Waals surface area contributed by atoms with E-state index in [2.05, 4.69) is 58.5 Å². The zero-order valence-corrected chi connectivity index (χ0v) is 15.1. The number of hydrogen-bond donors (Lipinski definition) is 2. The average molecular weight is 333 g/mol. The maximum absolute atomic E-state index is 4.59. The molecule has 128 valence electrons. The van der Waals surface area contributed by atoms with Gasteiger partial charge in [0.1, 0.15) is 5.82 Å². The lowest BCUT2D eigenvalue weighted by molar-refractivity contribution is 1.08. The van der Waals surface area contributed by atoms with E-state index in [1.54, 1.807) is 6.20 Å². The van der Waals surface area contributed by atoms with Gasteiger partial charge >= 0.3 is 0 Å². The molecule has 3 rings (SSSR count). The van der Waals surface area contributed by atoms with Crippen molar-refractivity contribution in [3.05, 3.63) is 59.3 Å². The molecule has 0 spiro atoms. The second-order valence-electron chi connectivity index (χ2n) is 6.11. The van der Waals surface area contributed by atoms with Crippen molar-refractivity contribution in [2.24, 2.45) is 0 Å². The van der Waals surface area contributed by atoms with Crippen LogP contribution < -0.4 is 10.6 Å². The Hall–Kier alpha value is -2.95. The Morgan fingerprint density at radius 3 is 2.32 bits per heavy atom. The minimum Gasteiger partial charge on any atom is -0.354 e. The van der Waals surface area contributed by atoms with Crippen molar-refractivity contribution in [1.29, 1.82) is 0 Å². The molecule has 0 unspecified atom stereocenters. The predicted octanol–water partition coefficient (Wildman–Crippen LogP) is 4.64. The van der Waals surface area contributed by atoms with Crippen molar-refractivity contribution in [2.75, 3.05) is 17.2 Å². The number of rotatable bonds is 5. The van der Waals surface area contributed by atoms with Crippen LogP contribution in [0.25, 0.3) is 11.4 Å². The highest BCUT2D eigenvalue weighted by Crippen LogP contribution is 2.27. The van der Waals surface area contributed by atoms with Crippen molar-refractivity contribution >= 4 is 17.5 Å². The molecular weight excluding hydrogens is 310 g/mol. The molecule has 0 radical (unpaired) electrons. The van der Waals surface area contributed by atoms with Crippen LogP contribution in [0.1, 0.15) is 23.6 Å². The zero-order chi connectivity index (χ0) is 17.8. The highest BCUT2D eigenvalue weighted by Gasteiger charge is 2.10. The van der Waals surface area contributed by atoms with Crippen LogP contribution in [-0.4, -0.2) is 21.5 Å². The molecule has 2 heterocycles. The van der Waals surface area contributed by atoms with Crippen LogP contribution in [0.15, 0.2) is 42.6 Å². The van der Waals surface area contributed by atoms with Gasteiger partial charge in [0.2, 0.25) is 5.95 Å². The van der Waals surface area contributed by atoms with Gasteiger partial charge in [-0.05, 0) is 51.0 Å². The van der Waals surface area contributed by atoms with E-state index in [0.29, 0.717) is 5.95 Å². The van der Waals surface area contributed by atoms with Gasteiger partial charge in [0.15, 0.2) is 0 Å². The molecule has 5 heteroatoms. The first-order valence-electron chi connectivity index (χ1n) is 8.46. The molecule has 0 aliphatic rings. The van der Waals surface area contributed by atoms with Gasteiger partial charge in [-0.15, -0.1) is 0 Å². The number of pyridine rings is 1. The fraction of sp³-hybridized carbons (Fsp3) is 0.250. The third-order valence-electron chi connectivity index (χ3n) is 3.92. The minimum atomic E-state index is 0.593. The molecular formula is C20H23N5. The van der Waals surface area contributed by atoms with Crippen LogP contribution in [0.3, 0.4) is 0 Å². The van der Waals surface area contributed by atoms with Crippen molar-refractivity contribution in [2.45, 2.75) is 27.7 Å². The van der Waals surface area contributed by atoms with E-state index in [1.165, 1.54) is 16.7 Å². The maximum atomic E-state index is 4.59.